The Bertz CT molecular complexity index is 437. The summed E-state index contributed by atoms with van der Waals surface area (Å²) in [7, 11) is -3.37. The normalized spacial score (nSPS) is 16.3. The van der Waals surface area contributed by atoms with Gasteiger partial charge in [-0.05, 0) is 37.1 Å². The number of nitrogens with one attached hydrogen (secondary N) is 1. The van der Waals surface area contributed by atoms with Crippen molar-refractivity contribution in [2.75, 3.05) is 0 Å². The highest BCUT2D eigenvalue weighted by molar-refractivity contribution is 7.89. The van der Waals surface area contributed by atoms with E-state index in [1.165, 1.54) is 24.3 Å². The molecular formula is C9H12N2O3S. The minimum atomic E-state index is -3.37. The lowest BCUT2D eigenvalue weighted by Gasteiger charge is -2.05. The summed E-state index contributed by atoms with van der Waals surface area (Å²) in [5.74, 6) is 5.37. The van der Waals surface area contributed by atoms with Crippen LogP contribution in [0.15, 0.2) is 29.2 Å². The summed E-state index contributed by atoms with van der Waals surface area (Å²) >= 11 is 0. The predicted octanol–water partition coefficient (Wildman–Crippen LogP) is 0.380. The maximum absolute atomic E-state index is 11.7. The Labute approximate surface area is 88.2 Å². The minimum absolute atomic E-state index is 0.112. The summed E-state index contributed by atoms with van der Waals surface area (Å²) < 4.78 is 26.0. The second-order valence-corrected chi connectivity index (χ2v) is 5.20. The molecule has 0 spiro atoms. The van der Waals surface area contributed by atoms with Gasteiger partial charge in [-0.15, -0.1) is 0 Å². The number of rotatable bonds is 4. The third kappa shape index (κ3) is 2.47. The molecule has 0 saturated heterocycles. The number of nitrogens with two attached hydrogens (primary N) is 1. The molecule has 1 aliphatic rings. The van der Waals surface area contributed by atoms with E-state index in [4.69, 9.17) is 5.90 Å². The summed E-state index contributed by atoms with van der Waals surface area (Å²) in [6.45, 7) is 0. The number of sulfonamides is 1. The minimum Gasteiger partial charge on any atom is -0.412 e. The molecule has 3 N–H and O–H groups in total. The SMILES string of the molecule is NOc1ccc(S(=O)(=O)NC2CC2)cc1. The van der Waals surface area contributed by atoms with Gasteiger partial charge in [-0.1, -0.05) is 0 Å². The molecule has 1 aromatic carbocycles. The van der Waals surface area contributed by atoms with Crippen LogP contribution in [0, 0.1) is 0 Å². The molecule has 1 saturated carbocycles. The lowest BCUT2D eigenvalue weighted by atomic mass is 10.3. The van der Waals surface area contributed by atoms with E-state index in [0.717, 1.165) is 12.8 Å². The van der Waals surface area contributed by atoms with Crippen molar-refractivity contribution in [2.24, 2.45) is 5.90 Å². The molecule has 0 heterocycles. The van der Waals surface area contributed by atoms with Crippen LogP contribution >= 0.6 is 0 Å². The molecule has 1 fully saturated rings. The third-order valence-corrected chi connectivity index (χ3v) is 3.71. The van der Waals surface area contributed by atoms with Gasteiger partial charge in [-0.2, -0.15) is 5.90 Å². The first-order valence-corrected chi connectivity index (χ1v) is 6.09. The molecular weight excluding hydrogens is 216 g/mol. The first-order valence-electron chi connectivity index (χ1n) is 4.61. The zero-order valence-corrected chi connectivity index (χ0v) is 8.83. The van der Waals surface area contributed by atoms with Gasteiger partial charge in [0, 0.05) is 6.04 Å². The van der Waals surface area contributed by atoms with Crippen molar-refractivity contribution in [3.05, 3.63) is 24.3 Å². The van der Waals surface area contributed by atoms with Crippen LogP contribution in [0.1, 0.15) is 12.8 Å². The van der Waals surface area contributed by atoms with Crippen molar-refractivity contribution in [3.8, 4) is 5.75 Å². The topological polar surface area (TPSA) is 81.4 Å². The largest absolute Gasteiger partial charge is 0.412 e. The molecule has 0 unspecified atom stereocenters. The molecule has 0 atom stereocenters. The van der Waals surface area contributed by atoms with Crippen LogP contribution in [0.3, 0.4) is 0 Å². The predicted molar refractivity (Wildman–Crippen MR) is 54.6 cm³/mol. The molecule has 0 amide bonds. The highest BCUT2D eigenvalue weighted by Crippen LogP contribution is 2.22. The van der Waals surface area contributed by atoms with Crippen LogP contribution in [0.4, 0.5) is 0 Å². The Morgan fingerprint density at radius 2 is 1.87 bits per heavy atom. The van der Waals surface area contributed by atoms with Gasteiger partial charge in [-0.25, -0.2) is 13.1 Å². The van der Waals surface area contributed by atoms with E-state index in [1.54, 1.807) is 0 Å². The molecule has 5 nitrogen and oxygen atoms in total. The van der Waals surface area contributed by atoms with Gasteiger partial charge in [0.25, 0.3) is 0 Å². The van der Waals surface area contributed by atoms with Gasteiger partial charge in [0.1, 0.15) is 5.75 Å². The summed E-state index contributed by atoms with van der Waals surface area (Å²) in [6.07, 6.45) is 1.84. The van der Waals surface area contributed by atoms with E-state index >= 15 is 0 Å². The smallest absolute Gasteiger partial charge is 0.240 e. The molecule has 15 heavy (non-hydrogen) atoms. The zero-order valence-electron chi connectivity index (χ0n) is 8.01. The molecule has 0 radical (unpaired) electrons. The van der Waals surface area contributed by atoms with E-state index in [-0.39, 0.29) is 10.9 Å². The summed E-state index contributed by atoms with van der Waals surface area (Å²) in [6, 6.07) is 6.07. The fourth-order valence-corrected chi connectivity index (χ4v) is 2.49. The summed E-state index contributed by atoms with van der Waals surface area (Å²) in [5, 5.41) is 0. The van der Waals surface area contributed by atoms with Gasteiger partial charge < -0.3 is 4.84 Å². The maximum Gasteiger partial charge on any atom is 0.240 e. The van der Waals surface area contributed by atoms with Gasteiger partial charge in [0.15, 0.2) is 0 Å². The maximum atomic E-state index is 11.7. The third-order valence-electron chi connectivity index (χ3n) is 2.17. The standard InChI is InChI=1S/C9H12N2O3S/c10-14-8-3-5-9(6-4-8)15(12,13)11-7-1-2-7/h3-7,11H,1-2,10H2. The van der Waals surface area contributed by atoms with Crippen molar-refractivity contribution in [3.63, 3.8) is 0 Å². The Morgan fingerprint density at radius 3 is 2.33 bits per heavy atom. The fourth-order valence-electron chi connectivity index (χ4n) is 1.19. The van der Waals surface area contributed by atoms with E-state index in [2.05, 4.69) is 9.56 Å². The molecule has 1 aromatic rings. The van der Waals surface area contributed by atoms with Gasteiger partial charge in [0.2, 0.25) is 10.0 Å². The van der Waals surface area contributed by atoms with Gasteiger partial charge >= 0.3 is 0 Å². The second kappa shape index (κ2) is 3.80. The van der Waals surface area contributed by atoms with E-state index in [9.17, 15) is 8.42 Å². The molecule has 1 aliphatic carbocycles. The number of benzene rings is 1. The van der Waals surface area contributed by atoms with E-state index in [0.29, 0.717) is 5.75 Å². The molecule has 0 aromatic heterocycles. The van der Waals surface area contributed by atoms with Crippen molar-refractivity contribution < 1.29 is 13.3 Å². The highest BCUT2D eigenvalue weighted by Gasteiger charge is 2.27. The van der Waals surface area contributed by atoms with E-state index < -0.39 is 10.0 Å². The fraction of sp³-hybridized carbons (Fsp3) is 0.333. The first kappa shape index (κ1) is 10.4. The summed E-state index contributed by atoms with van der Waals surface area (Å²) in [4.78, 5) is 4.69. The highest BCUT2D eigenvalue weighted by atomic mass is 32.2. The van der Waals surface area contributed by atoms with Crippen molar-refractivity contribution in [1.82, 2.24) is 4.72 Å². The Balaban J connectivity index is 2.19. The number of hydrogen-bond donors (Lipinski definition) is 2. The Kier molecular flexibility index (Phi) is 2.64. The van der Waals surface area contributed by atoms with Crippen LogP contribution < -0.4 is 15.5 Å². The van der Waals surface area contributed by atoms with Crippen molar-refractivity contribution >= 4 is 10.0 Å². The van der Waals surface area contributed by atoms with Crippen LogP contribution in [-0.4, -0.2) is 14.5 Å². The van der Waals surface area contributed by atoms with Crippen LogP contribution in [0.25, 0.3) is 0 Å². The van der Waals surface area contributed by atoms with Gasteiger partial charge in [0.05, 0.1) is 4.90 Å². The zero-order chi connectivity index (χ0) is 10.9. The summed E-state index contributed by atoms with van der Waals surface area (Å²) in [5.41, 5.74) is 0. The van der Waals surface area contributed by atoms with Crippen molar-refractivity contribution in [2.45, 2.75) is 23.8 Å². The van der Waals surface area contributed by atoms with Crippen LogP contribution in [0.5, 0.6) is 5.75 Å². The van der Waals surface area contributed by atoms with Crippen molar-refractivity contribution in [1.29, 1.82) is 0 Å². The quantitative estimate of drug-likeness (QED) is 0.730. The van der Waals surface area contributed by atoms with Crippen LogP contribution in [0.2, 0.25) is 0 Å². The molecule has 0 aliphatic heterocycles. The Morgan fingerprint density at radius 1 is 1.27 bits per heavy atom. The van der Waals surface area contributed by atoms with Crippen LogP contribution in [-0.2, 0) is 10.0 Å². The molecule has 2 rings (SSSR count). The average molecular weight is 228 g/mol. The van der Waals surface area contributed by atoms with Gasteiger partial charge in [-0.3, -0.25) is 0 Å². The Hall–Kier alpha value is -1.11. The second-order valence-electron chi connectivity index (χ2n) is 3.48. The molecule has 6 heteroatoms. The lowest BCUT2D eigenvalue weighted by Crippen LogP contribution is -2.25. The van der Waals surface area contributed by atoms with E-state index in [1.807, 2.05) is 0 Å². The number of hydrogen-bond acceptors (Lipinski definition) is 4. The lowest BCUT2D eigenvalue weighted by molar-refractivity contribution is 0.334. The average Bonchev–Trinajstić information content (AvgIpc) is 3.01. The molecule has 82 valence electrons. The molecule has 0 bridgehead atoms. The first-order chi connectivity index (χ1) is 7.12. The monoisotopic (exact) mass is 228 g/mol.